The van der Waals surface area contributed by atoms with Crippen LogP contribution in [0.1, 0.15) is 133 Å². The number of hydrogen-bond acceptors (Lipinski definition) is 2. The summed E-state index contributed by atoms with van der Waals surface area (Å²) in [5.74, 6) is 0. The lowest BCUT2D eigenvalue weighted by Crippen LogP contribution is -2.27. The van der Waals surface area contributed by atoms with Gasteiger partial charge in [0.15, 0.2) is 0 Å². The van der Waals surface area contributed by atoms with Crippen molar-refractivity contribution in [1.82, 2.24) is 0 Å². The van der Waals surface area contributed by atoms with Crippen LogP contribution in [0.5, 0.6) is 0 Å². The molecule has 2 nitrogen and oxygen atoms in total. The third-order valence-corrected chi connectivity index (χ3v) is 7.91. The molecular weight excluding hydrogens is 460 g/mol. The van der Waals surface area contributed by atoms with E-state index < -0.39 is 0 Å². The van der Waals surface area contributed by atoms with E-state index in [1.54, 1.807) is 0 Å². The maximum atomic E-state index is 4.84. The van der Waals surface area contributed by atoms with E-state index >= 15 is 0 Å². The molecule has 0 N–H and O–H groups in total. The second kappa shape index (κ2) is 17.4. The molecular formula is C36H58N2. The first-order valence-corrected chi connectivity index (χ1v) is 15.1. The summed E-state index contributed by atoms with van der Waals surface area (Å²) in [4.78, 5) is 9.68. The first-order chi connectivity index (χ1) is 18.0. The molecule has 0 aliphatic heterocycles. The van der Waals surface area contributed by atoms with Crippen LogP contribution >= 0.6 is 0 Å². The standard InChI is InChI=1S/C36H58N2/c1-13-15-17-19-21-31(25(3)4)23-27(7)33-29(9)30(10)34(36(38-12)35(33)37-11)28(8)24-32(26(5)6)22-20-18-16-14-2/h23-24H,13-22H2,1-12H3/b27-23+,28-24+,37-35-,38-36-. The highest BCUT2D eigenvalue weighted by Gasteiger charge is 2.29. The number of nitrogens with zero attached hydrogens (tertiary/aromatic N) is 2. The van der Waals surface area contributed by atoms with Gasteiger partial charge in [-0.3, -0.25) is 9.98 Å². The van der Waals surface area contributed by atoms with Gasteiger partial charge >= 0.3 is 0 Å². The molecule has 2 heteroatoms. The van der Waals surface area contributed by atoms with Crippen molar-refractivity contribution in [3.05, 3.63) is 67.9 Å². The second-order valence-corrected chi connectivity index (χ2v) is 11.5. The van der Waals surface area contributed by atoms with Crippen molar-refractivity contribution in [3.63, 3.8) is 0 Å². The summed E-state index contributed by atoms with van der Waals surface area (Å²) in [5, 5.41) is 0. The van der Waals surface area contributed by atoms with E-state index in [0.717, 1.165) is 24.3 Å². The fourth-order valence-corrected chi connectivity index (χ4v) is 5.45. The SMILES string of the molecule is CCCCCCC(/C=C(\C)C1=C(C)C(C)=C(/C(C)=C/C(CCCCCC)=C(C)C)C(=N/C)/C1=N\C)=C(C)C. The Morgan fingerprint density at radius 3 is 1.16 bits per heavy atom. The summed E-state index contributed by atoms with van der Waals surface area (Å²) in [7, 11) is 3.83. The maximum Gasteiger partial charge on any atom is 0.0906 e. The lowest BCUT2D eigenvalue weighted by atomic mass is 9.78. The fraction of sp³-hybridized carbons (Fsp3) is 0.611. The summed E-state index contributed by atoms with van der Waals surface area (Å²) >= 11 is 0. The molecule has 1 rings (SSSR count). The smallest absolute Gasteiger partial charge is 0.0906 e. The van der Waals surface area contributed by atoms with E-state index in [9.17, 15) is 0 Å². The molecule has 0 atom stereocenters. The average Bonchev–Trinajstić information content (AvgIpc) is 2.87. The summed E-state index contributed by atoms with van der Waals surface area (Å²) in [6.07, 6.45) is 17.4. The molecule has 38 heavy (non-hydrogen) atoms. The second-order valence-electron chi connectivity index (χ2n) is 11.5. The van der Waals surface area contributed by atoms with Crippen molar-refractivity contribution >= 4 is 11.4 Å². The van der Waals surface area contributed by atoms with E-state index in [4.69, 9.17) is 9.98 Å². The molecule has 1 aliphatic rings. The van der Waals surface area contributed by atoms with Gasteiger partial charge in [-0.25, -0.2) is 0 Å². The van der Waals surface area contributed by atoms with Gasteiger partial charge in [-0.05, 0) is 115 Å². The van der Waals surface area contributed by atoms with Crippen molar-refractivity contribution in [3.8, 4) is 0 Å². The Labute approximate surface area is 236 Å². The maximum absolute atomic E-state index is 4.84. The largest absolute Gasteiger partial charge is 0.286 e. The highest BCUT2D eigenvalue weighted by atomic mass is 14.8. The minimum Gasteiger partial charge on any atom is -0.286 e. The number of hydrogen-bond donors (Lipinski definition) is 0. The summed E-state index contributed by atoms with van der Waals surface area (Å²) in [5.41, 5.74) is 15.5. The molecule has 0 aromatic carbocycles. The lowest BCUT2D eigenvalue weighted by Gasteiger charge is -2.28. The zero-order chi connectivity index (χ0) is 28.8. The first-order valence-electron chi connectivity index (χ1n) is 15.1. The van der Waals surface area contributed by atoms with Gasteiger partial charge in [0.2, 0.25) is 0 Å². The van der Waals surface area contributed by atoms with E-state index in [1.165, 1.54) is 107 Å². The summed E-state index contributed by atoms with van der Waals surface area (Å²) in [6.45, 7) is 22.6. The predicted molar refractivity (Wildman–Crippen MR) is 174 cm³/mol. The molecule has 0 aromatic heterocycles. The van der Waals surface area contributed by atoms with Crippen LogP contribution < -0.4 is 0 Å². The molecule has 1 aliphatic carbocycles. The number of rotatable bonds is 14. The van der Waals surface area contributed by atoms with Crippen LogP contribution in [0, 0.1) is 0 Å². The average molecular weight is 519 g/mol. The zero-order valence-electron chi connectivity index (χ0n) is 27.1. The molecule has 0 radical (unpaired) electrons. The molecule has 0 unspecified atom stereocenters. The fourth-order valence-electron chi connectivity index (χ4n) is 5.45. The first kappa shape index (κ1) is 33.8. The Kier molecular flexibility index (Phi) is 15.5. The van der Waals surface area contributed by atoms with Crippen molar-refractivity contribution < 1.29 is 0 Å². The van der Waals surface area contributed by atoms with Crippen molar-refractivity contribution in [1.29, 1.82) is 0 Å². The number of aliphatic imine (C=N–C) groups is 2. The Hall–Kier alpha value is -2.22. The van der Waals surface area contributed by atoms with Crippen LogP contribution in [0.4, 0.5) is 0 Å². The van der Waals surface area contributed by atoms with Gasteiger partial charge < -0.3 is 0 Å². The van der Waals surface area contributed by atoms with Crippen LogP contribution in [-0.4, -0.2) is 25.5 Å². The van der Waals surface area contributed by atoms with Gasteiger partial charge in [0.1, 0.15) is 0 Å². The van der Waals surface area contributed by atoms with E-state index in [2.05, 4.69) is 81.4 Å². The minimum atomic E-state index is 1.02. The molecule has 0 fully saturated rings. The third-order valence-electron chi connectivity index (χ3n) is 7.91. The van der Waals surface area contributed by atoms with Crippen LogP contribution in [0.15, 0.2) is 77.9 Å². The molecule has 212 valence electrons. The lowest BCUT2D eigenvalue weighted by molar-refractivity contribution is 0.666. The monoisotopic (exact) mass is 518 g/mol. The Morgan fingerprint density at radius 1 is 0.553 bits per heavy atom. The van der Waals surface area contributed by atoms with Gasteiger partial charge in [-0.15, -0.1) is 0 Å². The summed E-state index contributed by atoms with van der Waals surface area (Å²) in [6, 6.07) is 0. The van der Waals surface area contributed by atoms with E-state index in [0.29, 0.717) is 0 Å². The third kappa shape index (κ3) is 9.51. The molecule has 0 saturated heterocycles. The van der Waals surface area contributed by atoms with Crippen molar-refractivity contribution in [2.24, 2.45) is 9.98 Å². The van der Waals surface area contributed by atoms with Crippen molar-refractivity contribution in [2.75, 3.05) is 14.1 Å². The number of allylic oxidation sites excluding steroid dienone is 12. The highest BCUT2D eigenvalue weighted by molar-refractivity contribution is 6.56. The molecule has 0 spiro atoms. The summed E-state index contributed by atoms with van der Waals surface area (Å²) < 4.78 is 0. The quantitative estimate of drug-likeness (QED) is 0.124. The van der Waals surface area contributed by atoms with E-state index in [1.807, 2.05) is 14.1 Å². The normalized spacial score (nSPS) is 17.2. The number of unbranched alkanes of at least 4 members (excludes halogenated alkanes) is 6. The van der Waals surface area contributed by atoms with Gasteiger partial charge in [-0.2, -0.15) is 0 Å². The Balaban J connectivity index is 3.58. The van der Waals surface area contributed by atoms with Gasteiger partial charge in [0.05, 0.1) is 11.4 Å². The Morgan fingerprint density at radius 2 is 0.895 bits per heavy atom. The van der Waals surface area contributed by atoms with Crippen LogP contribution in [0.3, 0.4) is 0 Å². The highest BCUT2D eigenvalue weighted by Crippen LogP contribution is 2.36. The minimum absolute atomic E-state index is 1.02. The van der Waals surface area contributed by atoms with Gasteiger partial charge in [-0.1, -0.05) is 75.7 Å². The molecule has 0 saturated carbocycles. The van der Waals surface area contributed by atoms with Gasteiger partial charge in [0, 0.05) is 25.2 Å². The van der Waals surface area contributed by atoms with E-state index in [-0.39, 0.29) is 0 Å². The Bertz CT molecular complexity index is 967. The molecule has 0 heterocycles. The van der Waals surface area contributed by atoms with Crippen LogP contribution in [0.25, 0.3) is 0 Å². The zero-order valence-corrected chi connectivity index (χ0v) is 27.1. The van der Waals surface area contributed by atoms with Crippen molar-refractivity contribution in [2.45, 2.75) is 133 Å². The predicted octanol–water partition coefficient (Wildman–Crippen LogP) is 11.3. The molecule has 0 bridgehead atoms. The molecule has 0 amide bonds. The van der Waals surface area contributed by atoms with Crippen LogP contribution in [0.2, 0.25) is 0 Å². The van der Waals surface area contributed by atoms with Crippen LogP contribution in [-0.2, 0) is 0 Å². The van der Waals surface area contributed by atoms with Gasteiger partial charge in [0.25, 0.3) is 0 Å². The topological polar surface area (TPSA) is 24.7 Å². The molecule has 0 aromatic rings.